The van der Waals surface area contributed by atoms with E-state index in [0.29, 0.717) is 11.3 Å². The highest BCUT2D eigenvalue weighted by molar-refractivity contribution is 5.81. The fourth-order valence-electron chi connectivity index (χ4n) is 3.98. The number of nitrogens with one attached hydrogen (secondary N) is 1. The Morgan fingerprint density at radius 3 is 2.68 bits per heavy atom. The highest BCUT2D eigenvalue weighted by atomic mass is 19.1. The van der Waals surface area contributed by atoms with Gasteiger partial charge in [-0.25, -0.2) is 4.39 Å². The fourth-order valence-corrected chi connectivity index (χ4v) is 3.98. The Hall–Kier alpha value is -2.79. The minimum atomic E-state index is -0.224. The number of halogens is 1. The van der Waals surface area contributed by atoms with Gasteiger partial charge in [0.05, 0.1) is 11.9 Å². The minimum absolute atomic E-state index is 0.224. The van der Waals surface area contributed by atoms with Crippen LogP contribution in [-0.4, -0.2) is 21.3 Å². The summed E-state index contributed by atoms with van der Waals surface area (Å²) in [5.74, 6) is -0.224. The summed E-state index contributed by atoms with van der Waals surface area (Å²) in [6.45, 7) is 9.17. The van der Waals surface area contributed by atoms with Crippen molar-refractivity contribution in [2.75, 3.05) is 6.54 Å². The van der Waals surface area contributed by atoms with Crippen molar-refractivity contribution in [1.29, 1.82) is 0 Å². The average Bonchev–Trinajstić information content (AvgIpc) is 3.33. The van der Waals surface area contributed by atoms with Gasteiger partial charge in [-0.3, -0.25) is 9.67 Å². The summed E-state index contributed by atoms with van der Waals surface area (Å²) in [6, 6.07) is 5.92. The van der Waals surface area contributed by atoms with E-state index in [-0.39, 0.29) is 11.9 Å². The van der Waals surface area contributed by atoms with Gasteiger partial charge in [-0.05, 0) is 73.2 Å². The van der Waals surface area contributed by atoms with Crippen molar-refractivity contribution in [3.8, 4) is 11.3 Å². The van der Waals surface area contributed by atoms with E-state index in [1.165, 1.54) is 0 Å². The van der Waals surface area contributed by atoms with E-state index in [1.807, 2.05) is 33.2 Å². The summed E-state index contributed by atoms with van der Waals surface area (Å²) >= 11 is 0. The second kappa shape index (κ2) is 7.32. The van der Waals surface area contributed by atoms with Gasteiger partial charge in [0.25, 0.3) is 0 Å². The summed E-state index contributed by atoms with van der Waals surface area (Å²) in [4.78, 5) is 4.52. The van der Waals surface area contributed by atoms with Gasteiger partial charge < -0.3 is 5.32 Å². The van der Waals surface area contributed by atoms with Crippen LogP contribution in [-0.2, 0) is 7.05 Å². The Labute approximate surface area is 165 Å². The molecule has 0 saturated carbocycles. The highest BCUT2D eigenvalue weighted by Gasteiger charge is 2.20. The molecule has 4 nitrogen and oxygen atoms in total. The van der Waals surface area contributed by atoms with Crippen molar-refractivity contribution in [2.45, 2.75) is 32.7 Å². The lowest BCUT2D eigenvalue weighted by molar-refractivity contribution is 0.607. The topological polar surface area (TPSA) is 42.7 Å². The van der Waals surface area contributed by atoms with Crippen LogP contribution in [0.5, 0.6) is 0 Å². The van der Waals surface area contributed by atoms with E-state index in [0.717, 1.165) is 52.8 Å². The lowest BCUT2D eigenvalue weighted by Gasteiger charge is -2.16. The molecule has 1 aliphatic rings. The first kappa shape index (κ1) is 18.6. The normalized spacial score (nSPS) is 16.5. The second-order valence-corrected chi connectivity index (χ2v) is 7.61. The Balaban J connectivity index is 1.74. The first-order valence-electron chi connectivity index (χ1n) is 9.63. The molecule has 0 radical (unpaired) electrons. The summed E-state index contributed by atoms with van der Waals surface area (Å²) in [5, 5.41) is 7.66. The predicted molar refractivity (Wildman–Crippen MR) is 110 cm³/mol. The third kappa shape index (κ3) is 3.38. The number of benzene rings is 1. The molecule has 0 spiro atoms. The minimum Gasteiger partial charge on any atom is -0.310 e. The molecule has 2 aromatic heterocycles. The maximum Gasteiger partial charge on any atom is 0.133 e. The third-order valence-corrected chi connectivity index (χ3v) is 5.51. The van der Waals surface area contributed by atoms with Gasteiger partial charge in [0.15, 0.2) is 0 Å². The zero-order chi connectivity index (χ0) is 19.8. The van der Waals surface area contributed by atoms with E-state index in [9.17, 15) is 0 Å². The van der Waals surface area contributed by atoms with Crippen LogP contribution in [0.3, 0.4) is 0 Å². The number of hydrogen-bond donors (Lipinski definition) is 1. The molecule has 1 N–H and O–H groups in total. The number of nitrogens with zero attached hydrogens (tertiary/aromatic N) is 3. The van der Waals surface area contributed by atoms with Gasteiger partial charge in [0, 0.05) is 36.6 Å². The number of rotatable bonds is 4. The molecule has 0 bridgehead atoms. The molecule has 0 aliphatic carbocycles. The summed E-state index contributed by atoms with van der Waals surface area (Å²) in [6.07, 6.45) is 7.69. The van der Waals surface area contributed by atoms with Crippen molar-refractivity contribution in [3.05, 3.63) is 77.0 Å². The van der Waals surface area contributed by atoms with E-state index >= 15 is 4.39 Å². The first-order chi connectivity index (χ1) is 13.4. The van der Waals surface area contributed by atoms with E-state index in [1.54, 1.807) is 23.1 Å². The summed E-state index contributed by atoms with van der Waals surface area (Å²) in [5.41, 5.74) is 6.87. The largest absolute Gasteiger partial charge is 0.310 e. The Bertz CT molecular complexity index is 1020. The summed E-state index contributed by atoms with van der Waals surface area (Å²) < 4.78 is 16.9. The van der Waals surface area contributed by atoms with Crippen molar-refractivity contribution in [3.63, 3.8) is 0 Å². The van der Waals surface area contributed by atoms with Crippen molar-refractivity contribution in [1.82, 2.24) is 20.1 Å². The molecule has 144 valence electrons. The Morgan fingerprint density at radius 2 is 2.04 bits per heavy atom. The quantitative estimate of drug-likeness (QED) is 0.716. The zero-order valence-corrected chi connectivity index (χ0v) is 16.6. The van der Waals surface area contributed by atoms with Crippen molar-refractivity contribution in [2.24, 2.45) is 7.05 Å². The maximum atomic E-state index is 15.1. The van der Waals surface area contributed by atoms with Crippen LogP contribution in [0.4, 0.5) is 4.39 Å². The van der Waals surface area contributed by atoms with Crippen LogP contribution in [0, 0.1) is 19.7 Å². The molecule has 5 heteroatoms. The average molecular weight is 376 g/mol. The van der Waals surface area contributed by atoms with Crippen LogP contribution in [0.25, 0.3) is 16.8 Å². The maximum absolute atomic E-state index is 15.1. The number of hydrogen-bond acceptors (Lipinski definition) is 3. The van der Waals surface area contributed by atoms with E-state index in [2.05, 4.69) is 28.0 Å². The number of aryl methyl sites for hydroxylation is 3. The molecule has 1 saturated heterocycles. The molecule has 1 unspecified atom stereocenters. The van der Waals surface area contributed by atoms with Crippen LogP contribution >= 0.6 is 0 Å². The molecule has 1 aliphatic heterocycles. The summed E-state index contributed by atoms with van der Waals surface area (Å²) in [7, 11) is 1.88. The number of aromatic nitrogens is 3. The Morgan fingerprint density at radius 1 is 1.21 bits per heavy atom. The molecule has 1 atom stereocenters. The zero-order valence-electron chi connectivity index (χ0n) is 16.6. The number of pyridine rings is 1. The molecular formula is C23H25FN4. The van der Waals surface area contributed by atoms with Crippen LogP contribution < -0.4 is 5.32 Å². The monoisotopic (exact) mass is 376 g/mol. The van der Waals surface area contributed by atoms with Gasteiger partial charge in [-0.1, -0.05) is 12.6 Å². The molecule has 0 amide bonds. The molecule has 4 rings (SSSR count). The smallest absolute Gasteiger partial charge is 0.133 e. The van der Waals surface area contributed by atoms with E-state index in [4.69, 9.17) is 0 Å². The molecule has 1 aromatic carbocycles. The molecule has 28 heavy (non-hydrogen) atoms. The molecule has 1 fully saturated rings. The van der Waals surface area contributed by atoms with Gasteiger partial charge in [0.1, 0.15) is 5.82 Å². The molecule has 3 aromatic rings. The van der Waals surface area contributed by atoms with Crippen LogP contribution in [0.2, 0.25) is 0 Å². The molecule has 3 heterocycles. The Kier molecular flexibility index (Phi) is 4.85. The van der Waals surface area contributed by atoms with Crippen LogP contribution in [0.15, 0.2) is 43.4 Å². The highest BCUT2D eigenvalue weighted by Crippen LogP contribution is 2.33. The lowest BCUT2D eigenvalue weighted by Crippen LogP contribution is -2.13. The third-order valence-electron chi connectivity index (χ3n) is 5.51. The second-order valence-electron chi connectivity index (χ2n) is 7.61. The van der Waals surface area contributed by atoms with Gasteiger partial charge >= 0.3 is 0 Å². The predicted octanol–water partition coefficient (Wildman–Crippen LogP) is 4.72. The molecular weight excluding hydrogens is 351 g/mol. The SMILES string of the molecule is C=C(c1cnn(C)c1)c1cc(-c2c(C)cc(C3CCCN3)cc2F)ncc1C. The van der Waals surface area contributed by atoms with Gasteiger partial charge in [-0.15, -0.1) is 0 Å². The standard InChI is InChI=1S/C23H25FN4/c1-14-8-17(21-6-5-7-25-21)9-20(24)23(14)22-10-19(15(2)11-26-22)16(3)18-12-27-28(4)13-18/h8-13,21,25H,3,5-7H2,1-2,4H3. The van der Waals surface area contributed by atoms with Gasteiger partial charge in [-0.2, -0.15) is 5.10 Å². The first-order valence-corrected chi connectivity index (χ1v) is 9.63. The van der Waals surface area contributed by atoms with Crippen molar-refractivity contribution < 1.29 is 4.39 Å². The van der Waals surface area contributed by atoms with E-state index < -0.39 is 0 Å². The van der Waals surface area contributed by atoms with Crippen LogP contribution in [0.1, 0.15) is 46.7 Å². The lowest BCUT2D eigenvalue weighted by atomic mass is 9.94. The van der Waals surface area contributed by atoms with Gasteiger partial charge in [0.2, 0.25) is 0 Å². The van der Waals surface area contributed by atoms with Crippen molar-refractivity contribution >= 4 is 5.57 Å². The fraction of sp³-hybridized carbons (Fsp3) is 0.304.